The number of nitrogens with zero attached hydrogens (tertiary/aromatic N) is 3. The van der Waals surface area contributed by atoms with E-state index in [1.54, 1.807) is 11.3 Å². The Kier molecular flexibility index (Phi) is 9.63. The molecule has 1 saturated heterocycles. The Labute approximate surface area is 179 Å². The molecule has 0 amide bonds. The highest BCUT2D eigenvalue weighted by Gasteiger charge is 2.26. The van der Waals surface area contributed by atoms with Gasteiger partial charge in [-0.2, -0.15) is 0 Å². The van der Waals surface area contributed by atoms with Crippen molar-refractivity contribution < 1.29 is 0 Å². The molecule has 7 heteroatoms. The van der Waals surface area contributed by atoms with Crippen molar-refractivity contribution in [3.05, 3.63) is 16.1 Å². The minimum absolute atomic E-state index is 0. The lowest BCUT2D eigenvalue weighted by Crippen LogP contribution is -2.50. The van der Waals surface area contributed by atoms with Gasteiger partial charge >= 0.3 is 0 Å². The zero-order valence-electron chi connectivity index (χ0n) is 16.2. The second-order valence-corrected chi connectivity index (χ2v) is 8.63. The second kappa shape index (κ2) is 11.4. The first-order valence-electron chi connectivity index (χ1n) is 9.95. The van der Waals surface area contributed by atoms with Gasteiger partial charge in [-0.15, -0.1) is 35.3 Å². The predicted molar refractivity (Wildman–Crippen MR) is 122 cm³/mol. The van der Waals surface area contributed by atoms with E-state index in [-0.39, 0.29) is 24.0 Å². The minimum Gasteiger partial charge on any atom is -0.357 e. The molecule has 2 N–H and O–H groups in total. The summed E-state index contributed by atoms with van der Waals surface area (Å²) in [4.78, 5) is 13.1. The molecule has 1 aromatic heterocycles. The molecule has 0 unspecified atom stereocenters. The van der Waals surface area contributed by atoms with Crippen molar-refractivity contribution in [3.63, 3.8) is 0 Å². The number of thiazole rings is 1. The van der Waals surface area contributed by atoms with E-state index in [1.807, 2.05) is 6.20 Å². The van der Waals surface area contributed by atoms with Crippen LogP contribution in [0.4, 0.5) is 0 Å². The van der Waals surface area contributed by atoms with Crippen LogP contribution >= 0.6 is 35.3 Å². The highest BCUT2D eigenvalue weighted by molar-refractivity contribution is 14.0. The molecule has 2 heterocycles. The SMILES string of the molecule is CCNC(=NCc1ncc(C)s1)NC1CCN(C2CCCCC2)CC1.I. The Morgan fingerprint density at radius 1 is 1.23 bits per heavy atom. The highest BCUT2D eigenvalue weighted by Crippen LogP contribution is 2.25. The lowest BCUT2D eigenvalue weighted by atomic mass is 9.92. The van der Waals surface area contributed by atoms with Crippen molar-refractivity contribution in [2.45, 2.75) is 77.4 Å². The molecule has 0 radical (unpaired) electrons. The summed E-state index contributed by atoms with van der Waals surface area (Å²) in [5.74, 6) is 0.937. The molecule has 26 heavy (non-hydrogen) atoms. The first kappa shape index (κ1) is 21.9. The van der Waals surface area contributed by atoms with E-state index in [1.165, 1.54) is 62.9 Å². The van der Waals surface area contributed by atoms with Crippen molar-refractivity contribution in [2.24, 2.45) is 4.99 Å². The van der Waals surface area contributed by atoms with Crippen LogP contribution in [0.15, 0.2) is 11.2 Å². The van der Waals surface area contributed by atoms with Gasteiger partial charge in [-0.3, -0.25) is 0 Å². The standard InChI is InChI=1S/C19H33N5S.HI/c1-3-20-19(22-14-18-21-13-15(2)25-18)23-16-9-11-24(12-10-16)17-7-5-4-6-8-17;/h13,16-17H,3-12,14H2,1-2H3,(H2,20,22,23);1H. The Morgan fingerprint density at radius 3 is 2.58 bits per heavy atom. The Morgan fingerprint density at radius 2 is 1.96 bits per heavy atom. The van der Waals surface area contributed by atoms with Crippen LogP contribution in [0.25, 0.3) is 0 Å². The average molecular weight is 491 g/mol. The molecule has 1 aliphatic carbocycles. The van der Waals surface area contributed by atoms with Gasteiger partial charge in [0.1, 0.15) is 5.01 Å². The summed E-state index contributed by atoms with van der Waals surface area (Å²) in [6, 6.07) is 1.39. The lowest BCUT2D eigenvalue weighted by molar-refractivity contribution is 0.119. The first-order valence-corrected chi connectivity index (χ1v) is 10.8. The molecular weight excluding hydrogens is 457 g/mol. The fraction of sp³-hybridized carbons (Fsp3) is 0.789. The maximum absolute atomic E-state index is 4.73. The smallest absolute Gasteiger partial charge is 0.191 e. The monoisotopic (exact) mass is 491 g/mol. The van der Waals surface area contributed by atoms with Crippen molar-refractivity contribution >= 4 is 41.3 Å². The molecule has 3 rings (SSSR count). The van der Waals surface area contributed by atoms with Crippen LogP contribution < -0.4 is 10.6 Å². The third-order valence-electron chi connectivity index (χ3n) is 5.35. The van der Waals surface area contributed by atoms with Crippen LogP contribution in [-0.4, -0.2) is 47.6 Å². The topological polar surface area (TPSA) is 52.6 Å². The summed E-state index contributed by atoms with van der Waals surface area (Å²) in [5.41, 5.74) is 0. The van der Waals surface area contributed by atoms with E-state index in [2.05, 4.69) is 34.4 Å². The number of hydrogen-bond acceptors (Lipinski definition) is 4. The largest absolute Gasteiger partial charge is 0.357 e. The molecule has 148 valence electrons. The molecular formula is C19H34IN5S. The molecule has 5 nitrogen and oxygen atoms in total. The van der Waals surface area contributed by atoms with E-state index in [9.17, 15) is 0 Å². The molecule has 0 bridgehead atoms. The lowest BCUT2D eigenvalue weighted by Gasteiger charge is -2.39. The fourth-order valence-electron chi connectivity index (χ4n) is 3.99. The molecule has 0 atom stereocenters. The van der Waals surface area contributed by atoms with Crippen LogP contribution in [0.1, 0.15) is 61.8 Å². The molecule has 0 spiro atoms. The van der Waals surface area contributed by atoms with Gasteiger partial charge in [-0.1, -0.05) is 19.3 Å². The number of aromatic nitrogens is 1. The normalized spacial score (nSPS) is 20.6. The van der Waals surface area contributed by atoms with Crippen LogP contribution in [-0.2, 0) is 6.54 Å². The number of likely N-dealkylation sites (tertiary alicyclic amines) is 1. The zero-order chi connectivity index (χ0) is 17.5. The Bertz CT molecular complexity index is 548. The van der Waals surface area contributed by atoms with Crippen molar-refractivity contribution in [3.8, 4) is 0 Å². The maximum atomic E-state index is 4.73. The number of aliphatic imine (C=N–C) groups is 1. The van der Waals surface area contributed by atoms with Gasteiger partial charge in [0.2, 0.25) is 0 Å². The van der Waals surface area contributed by atoms with Crippen LogP contribution in [0, 0.1) is 6.92 Å². The molecule has 1 aliphatic heterocycles. The van der Waals surface area contributed by atoms with Gasteiger partial charge in [-0.25, -0.2) is 9.98 Å². The van der Waals surface area contributed by atoms with Crippen molar-refractivity contribution in [1.29, 1.82) is 0 Å². The summed E-state index contributed by atoms with van der Waals surface area (Å²) in [6.45, 7) is 8.23. The fourth-order valence-corrected chi connectivity index (χ4v) is 4.70. The van der Waals surface area contributed by atoms with Crippen molar-refractivity contribution in [2.75, 3.05) is 19.6 Å². The number of hydrogen-bond donors (Lipinski definition) is 2. The highest BCUT2D eigenvalue weighted by atomic mass is 127. The summed E-state index contributed by atoms with van der Waals surface area (Å²) in [6.07, 6.45) is 11.5. The van der Waals surface area contributed by atoms with Crippen LogP contribution in [0.5, 0.6) is 0 Å². The molecule has 0 aromatic carbocycles. The second-order valence-electron chi connectivity index (χ2n) is 7.31. The predicted octanol–water partition coefficient (Wildman–Crippen LogP) is 3.92. The summed E-state index contributed by atoms with van der Waals surface area (Å²) >= 11 is 1.73. The minimum atomic E-state index is 0. The third kappa shape index (κ3) is 6.64. The summed E-state index contributed by atoms with van der Waals surface area (Å²) in [7, 11) is 0. The van der Waals surface area contributed by atoms with Gasteiger partial charge < -0.3 is 15.5 Å². The van der Waals surface area contributed by atoms with Crippen LogP contribution in [0.3, 0.4) is 0 Å². The van der Waals surface area contributed by atoms with E-state index in [0.29, 0.717) is 12.6 Å². The van der Waals surface area contributed by atoms with Gasteiger partial charge in [-0.05, 0) is 39.5 Å². The van der Waals surface area contributed by atoms with Gasteiger partial charge in [0.25, 0.3) is 0 Å². The summed E-state index contributed by atoms with van der Waals surface area (Å²) < 4.78 is 0. The van der Waals surface area contributed by atoms with E-state index < -0.39 is 0 Å². The molecule has 1 aromatic rings. The van der Waals surface area contributed by atoms with Crippen LogP contribution in [0.2, 0.25) is 0 Å². The average Bonchev–Trinajstić information content (AvgIpc) is 3.07. The Balaban J connectivity index is 0.00000243. The number of guanidine groups is 1. The molecule has 1 saturated carbocycles. The number of halogens is 1. The quantitative estimate of drug-likeness (QED) is 0.373. The summed E-state index contributed by atoms with van der Waals surface area (Å²) in [5, 5.41) is 8.12. The molecule has 2 fully saturated rings. The number of aryl methyl sites for hydroxylation is 1. The number of nitrogens with one attached hydrogen (secondary N) is 2. The van der Waals surface area contributed by atoms with Crippen molar-refractivity contribution in [1.82, 2.24) is 20.5 Å². The van der Waals surface area contributed by atoms with E-state index in [0.717, 1.165) is 23.6 Å². The maximum Gasteiger partial charge on any atom is 0.191 e. The van der Waals surface area contributed by atoms with Gasteiger partial charge in [0, 0.05) is 42.8 Å². The third-order valence-corrected chi connectivity index (χ3v) is 6.24. The Hall–Kier alpha value is -0.410. The van der Waals surface area contributed by atoms with E-state index >= 15 is 0 Å². The number of rotatable bonds is 5. The molecule has 2 aliphatic rings. The van der Waals surface area contributed by atoms with Gasteiger partial charge in [0.15, 0.2) is 5.96 Å². The van der Waals surface area contributed by atoms with E-state index in [4.69, 9.17) is 4.99 Å². The first-order chi connectivity index (χ1) is 12.2. The number of piperidine rings is 1. The van der Waals surface area contributed by atoms with Gasteiger partial charge in [0.05, 0.1) is 6.54 Å². The zero-order valence-corrected chi connectivity index (χ0v) is 19.3.